The Kier molecular flexibility index (Phi) is 5.53. The van der Waals surface area contributed by atoms with Crippen molar-refractivity contribution in [2.75, 3.05) is 18.6 Å². The Balaban J connectivity index is 2.05. The van der Waals surface area contributed by atoms with Crippen molar-refractivity contribution in [3.8, 4) is 0 Å². The Morgan fingerprint density at radius 2 is 2.00 bits per heavy atom. The molecule has 0 aromatic carbocycles. The van der Waals surface area contributed by atoms with E-state index in [1.165, 1.54) is 31.7 Å². The predicted octanol–water partition coefficient (Wildman–Crippen LogP) is 0.951. The first kappa shape index (κ1) is 12.4. The van der Waals surface area contributed by atoms with Crippen molar-refractivity contribution in [3.05, 3.63) is 0 Å². The average Bonchev–Trinajstić information content (AvgIpc) is 2.70. The highest BCUT2D eigenvalue weighted by molar-refractivity contribution is 8.00. The molecule has 0 aromatic heterocycles. The number of nitrogens with one attached hydrogen (secondary N) is 1. The van der Waals surface area contributed by atoms with Crippen LogP contribution in [0.25, 0.3) is 0 Å². The van der Waals surface area contributed by atoms with Gasteiger partial charge in [-0.05, 0) is 12.8 Å². The monoisotopic (exact) mass is 231 g/mol. The van der Waals surface area contributed by atoms with Gasteiger partial charge in [-0.3, -0.25) is 9.59 Å². The lowest BCUT2D eigenvalue weighted by Crippen LogP contribution is -2.34. The van der Waals surface area contributed by atoms with Gasteiger partial charge in [-0.1, -0.05) is 12.8 Å². The average molecular weight is 231 g/mol. The fourth-order valence-electron chi connectivity index (χ4n) is 1.63. The molecule has 15 heavy (non-hydrogen) atoms. The normalized spacial score (nSPS) is 16.3. The number of carbonyl (C=O) groups is 2. The first-order valence-corrected chi connectivity index (χ1v) is 6.31. The molecule has 0 heterocycles. The molecule has 0 saturated heterocycles. The molecular weight excluding hydrogens is 214 g/mol. The van der Waals surface area contributed by atoms with E-state index >= 15 is 0 Å². The smallest absolute Gasteiger partial charge is 0.315 e. The van der Waals surface area contributed by atoms with Gasteiger partial charge in [0, 0.05) is 6.04 Å². The lowest BCUT2D eigenvalue weighted by molar-refractivity contribution is -0.137. The molecule has 0 bridgehead atoms. The number of carbonyl (C=O) groups excluding carboxylic acids is 2. The van der Waals surface area contributed by atoms with E-state index in [4.69, 9.17) is 0 Å². The van der Waals surface area contributed by atoms with Crippen LogP contribution in [0.5, 0.6) is 0 Å². The number of hydrogen-bond acceptors (Lipinski definition) is 4. The van der Waals surface area contributed by atoms with Crippen LogP contribution < -0.4 is 5.32 Å². The van der Waals surface area contributed by atoms with E-state index in [0.717, 1.165) is 12.8 Å². The molecular formula is C10H17NO3S. The van der Waals surface area contributed by atoms with Crippen LogP contribution in [-0.4, -0.2) is 36.5 Å². The van der Waals surface area contributed by atoms with Gasteiger partial charge >= 0.3 is 5.97 Å². The van der Waals surface area contributed by atoms with Gasteiger partial charge in [-0.15, -0.1) is 11.8 Å². The Labute approximate surface area is 94.1 Å². The van der Waals surface area contributed by atoms with Crippen molar-refractivity contribution >= 4 is 23.6 Å². The Morgan fingerprint density at radius 1 is 1.33 bits per heavy atom. The van der Waals surface area contributed by atoms with Crippen LogP contribution in [-0.2, 0) is 14.3 Å². The molecule has 4 nitrogen and oxygen atoms in total. The van der Waals surface area contributed by atoms with E-state index in [1.54, 1.807) is 0 Å². The molecule has 0 radical (unpaired) electrons. The Morgan fingerprint density at radius 3 is 2.60 bits per heavy atom. The van der Waals surface area contributed by atoms with E-state index in [-0.39, 0.29) is 17.6 Å². The molecule has 1 amide bonds. The van der Waals surface area contributed by atoms with Gasteiger partial charge < -0.3 is 10.1 Å². The van der Waals surface area contributed by atoms with Gasteiger partial charge in [0.05, 0.1) is 18.6 Å². The van der Waals surface area contributed by atoms with Crippen molar-refractivity contribution < 1.29 is 14.3 Å². The summed E-state index contributed by atoms with van der Waals surface area (Å²) in [6.45, 7) is 0. The molecule has 1 fully saturated rings. The van der Waals surface area contributed by atoms with E-state index < -0.39 is 0 Å². The quantitative estimate of drug-likeness (QED) is 0.716. The van der Waals surface area contributed by atoms with E-state index in [2.05, 4.69) is 10.1 Å². The minimum Gasteiger partial charge on any atom is -0.468 e. The largest absolute Gasteiger partial charge is 0.468 e. The molecule has 0 spiro atoms. The SMILES string of the molecule is COC(=O)CSCC(=O)NC1CCCC1. The summed E-state index contributed by atoms with van der Waals surface area (Å²) in [5, 5.41) is 2.96. The standard InChI is InChI=1S/C10H17NO3S/c1-14-10(13)7-15-6-9(12)11-8-4-2-3-5-8/h8H,2-7H2,1H3,(H,11,12). The highest BCUT2D eigenvalue weighted by Gasteiger charge is 2.16. The second-order valence-corrected chi connectivity index (χ2v) is 4.60. The van der Waals surface area contributed by atoms with Crippen molar-refractivity contribution in [2.24, 2.45) is 0 Å². The number of esters is 1. The van der Waals surface area contributed by atoms with Crippen LogP contribution in [0.4, 0.5) is 0 Å². The summed E-state index contributed by atoms with van der Waals surface area (Å²) in [6, 6.07) is 0.358. The van der Waals surface area contributed by atoms with E-state index in [0.29, 0.717) is 11.8 Å². The molecule has 1 rings (SSSR count). The third-order valence-corrected chi connectivity index (χ3v) is 3.31. The zero-order valence-electron chi connectivity index (χ0n) is 8.95. The molecule has 0 aromatic rings. The lowest BCUT2D eigenvalue weighted by atomic mass is 10.2. The van der Waals surface area contributed by atoms with Crippen LogP contribution in [0.2, 0.25) is 0 Å². The number of hydrogen-bond donors (Lipinski definition) is 1. The second kappa shape index (κ2) is 6.71. The number of ether oxygens (including phenoxy) is 1. The first-order valence-electron chi connectivity index (χ1n) is 5.16. The molecule has 0 atom stereocenters. The summed E-state index contributed by atoms with van der Waals surface area (Å²) < 4.78 is 4.47. The zero-order chi connectivity index (χ0) is 11.1. The third kappa shape index (κ3) is 5.06. The Bertz CT molecular complexity index is 227. The second-order valence-electron chi connectivity index (χ2n) is 3.62. The minimum absolute atomic E-state index is 0.0239. The maximum Gasteiger partial charge on any atom is 0.315 e. The summed E-state index contributed by atoms with van der Waals surface area (Å²) in [4.78, 5) is 22.1. The number of methoxy groups -OCH3 is 1. The first-order chi connectivity index (χ1) is 7.22. The van der Waals surface area contributed by atoms with Crippen LogP contribution in [0, 0.1) is 0 Å². The summed E-state index contributed by atoms with van der Waals surface area (Å²) >= 11 is 1.29. The topological polar surface area (TPSA) is 55.4 Å². The maximum atomic E-state index is 11.4. The van der Waals surface area contributed by atoms with Crippen molar-refractivity contribution in [1.29, 1.82) is 0 Å². The van der Waals surface area contributed by atoms with Gasteiger partial charge in [-0.25, -0.2) is 0 Å². The van der Waals surface area contributed by atoms with Gasteiger partial charge in [0.1, 0.15) is 0 Å². The van der Waals surface area contributed by atoms with Crippen molar-refractivity contribution in [2.45, 2.75) is 31.7 Å². The van der Waals surface area contributed by atoms with Crippen LogP contribution in [0.15, 0.2) is 0 Å². The summed E-state index contributed by atoms with van der Waals surface area (Å²) in [6.07, 6.45) is 4.60. The minimum atomic E-state index is -0.284. The maximum absolute atomic E-state index is 11.4. The van der Waals surface area contributed by atoms with Crippen LogP contribution in [0.1, 0.15) is 25.7 Å². The van der Waals surface area contributed by atoms with Gasteiger partial charge in [-0.2, -0.15) is 0 Å². The molecule has 5 heteroatoms. The van der Waals surface area contributed by atoms with Crippen LogP contribution >= 0.6 is 11.8 Å². The molecule has 1 saturated carbocycles. The lowest BCUT2D eigenvalue weighted by Gasteiger charge is -2.11. The summed E-state index contributed by atoms with van der Waals surface area (Å²) in [5.41, 5.74) is 0. The van der Waals surface area contributed by atoms with Gasteiger partial charge in [0.2, 0.25) is 5.91 Å². The molecule has 1 aliphatic carbocycles. The highest BCUT2D eigenvalue weighted by Crippen LogP contribution is 2.17. The molecule has 0 unspecified atom stereocenters. The predicted molar refractivity (Wildman–Crippen MR) is 59.7 cm³/mol. The fraction of sp³-hybridized carbons (Fsp3) is 0.800. The zero-order valence-corrected chi connectivity index (χ0v) is 9.77. The molecule has 86 valence electrons. The van der Waals surface area contributed by atoms with Gasteiger partial charge in [0.25, 0.3) is 0 Å². The van der Waals surface area contributed by atoms with E-state index in [9.17, 15) is 9.59 Å². The molecule has 1 N–H and O–H groups in total. The Hall–Kier alpha value is -0.710. The number of thioether (sulfide) groups is 1. The molecule has 0 aliphatic heterocycles. The van der Waals surface area contributed by atoms with Gasteiger partial charge in [0.15, 0.2) is 0 Å². The van der Waals surface area contributed by atoms with Crippen LogP contribution in [0.3, 0.4) is 0 Å². The van der Waals surface area contributed by atoms with Crippen molar-refractivity contribution in [1.82, 2.24) is 5.32 Å². The summed E-state index contributed by atoms with van der Waals surface area (Å²) in [7, 11) is 1.35. The number of amides is 1. The third-order valence-electron chi connectivity index (χ3n) is 2.40. The molecule has 1 aliphatic rings. The number of rotatable bonds is 5. The van der Waals surface area contributed by atoms with E-state index in [1.807, 2.05) is 0 Å². The highest BCUT2D eigenvalue weighted by atomic mass is 32.2. The van der Waals surface area contributed by atoms with Crippen molar-refractivity contribution in [3.63, 3.8) is 0 Å². The fourth-order valence-corrected chi connectivity index (χ4v) is 2.28. The summed E-state index contributed by atoms with van der Waals surface area (Å²) in [5.74, 6) is 0.324.